The maximum Gasteiger partial charge on any atom is 0.191 e. The van der Waals surface area contributed by atoms with E-state index in [4.69, 9.17) is 0 Å². The first kappa shape index (κ1) is 18.7. The van der Waals surface area contributed by atoms with E-state index in [2.05, 4.69) is 41.6 Å². The fraction of sp³-hybridized carbons (Fsp3) is 0.800. The third-order valence-corrected chi connectivity index (χ3v) is 3.67. The monoisotopic (exact) mass is 379 g/mol. The number of nitrogens with one attached hydrogen (secondary N) is 2. The lowest BCUT2D eigenvalue weighted by molar-refractivity contribution is 0.442. The lowest BCUT2D eigenvalue weighted by Gasteiger charge is -2.20. The number of aliphatic imine (C=N–C) groups is 1. The van der Waals surface area contributed by atoms with Crippen LogP contribution in [0.25, 0.3) is 0 Å². The minimum atomic E-state index is 0. The van der Waals surface area contributed by atoms with Gasteiger partial charge in [0.1, 0.15) is 0 Å². The molecule has 0 heterocycles. The molecule has 0 saturated heterocycles. The zero-order valence-corrected chi connectivity index (χ0v) is 14.9. The van der Waals surface area contributed by atoms with Crippen LogP contribution < -0.4 is 10.6 Å². The summed E-state index contributed by atoms with van der Waals surface area (Å²) in [5.41, 5.74) is 0. The van der Waals surface area contributed by atoms with Crippen molar-refractivity contribution in [2.45, 2.75) is 58.4 Å². The molecule has 0 aromatic heterocycles. The molecule has 4 heteroatoms. The van der Waals surface area contributed by atoms with Crippen molar-refractivity contribution < 1.29 is 0 Å². The fourth-order valence-electron chi connectivity index (χ4n) is 2.31. The Balaban J connectivity index is 0.00000324. The van der Waals surface area contributed by atoms with Gasteiger partial charge in [-0.25, -0.2) is 0 Å². The van der Waals surface area contributed by atoms with Gasteiger partial charge in [-0.05, 0) is 25.2 Å². The Hall–Kier alpha value is -0.260. The summed E-state index contributed by atoms with van der Waals surface area (Å²) in [6, 6.07) is 0.534. The summed E-state index contributed by atoms with van der Waals surface area (Å²) >= 11 is 0. The van der Waals surface area contributed by atoms with Gasteiger partial charge in [0, 0.05) is 19.6 Å². The van der Waals surface area contributed by atoms with Gasteiger partial charge in [-0.15, -0.1) is 24.0 Å². The Kier molecular flexibility index (Phi) is 11.4. The van der Waals surface area contributed by atoms with E-state index >= 15 is 0 Å². The van der Waals surface area contributed by atoms with Crippen LogP contribution >= 0.6 is 24.0 Å². The van der Waals surface area contributed by atoms with Crippen molar-refractivity contribution in [1.29, 1.82) is 0 Å². The van der Waals surface area contributed by atoms with Gasteiger partial charge in [0.25, 0.3) is 0 Å². The van der Waals surface area contributed by atoms with E-state index in [9.17, 15) is 0 Å². The van der Waals surface area contributed by atoms with Gasteiger partial charge in [-0.2, -0.15) is 0 Å². The Morgan fingerprint density at radius 2 is 2.00 bits per heavy atom. The highest BCUT2D eigenvalue weighted by molar-refractivity contribution is 14.0. The van der Waals surface area contributed by atoms with Crippen LogP contribution in [0.1, 0.15) is 52.4 Å². The molecule has 0 saturated carbocycles. The first-order chi connectivity index (χ1) is 8.80. The molecule has 0 aromatic rings. The molecule has 0 aromatic carbocycles. The van der Waals surface area contributed by atoms with Gasteiger partial charge in [-0.3, -0.25) is 4.99 Å². The topological polar surface area (TPSA) is 36.4 Å². The first-order valence-corrected chi connectivity index (χ1v) is 7.42. The van der Waals surface area contributed by atoms with Gasteiger partial charge in [-0.1, -0.05) is 45.3 Å². The average Bonchev–Trinajstić information content (AvgIpc) is 2.90. The molecule has 1 aliphatic carbocycles. The van der Waals surface area contributed by atoms with Gasteiger partial charge < -0.3 is 10.6 Å². The Labute approximate surface area is 135 Å². The van der Waals surface area contributed by atoms with Crippen molar-refractivity contribution >= 4 is 29.9 Å². The van der Waals surface area contributed by atoms with Crippen molar-refractivity contribution in [1.82, 2.24) is 10.6 Å². The molecular formula is C15H30IN3. The van der Waals surface area contributed by atoms with E-state index in [0.29, 0.717) is 6.04 Å². The standard InChI is InChI=1S/C15H29N3.HI/c1-4-6-9-13(5-2)12-17-15(16-3)18-14-10-7-8-11-14;/h7-8,13-14H,4-6,9-12H2,1-3H3,(H2,16,17,18);1H. The molecule has 2 N–H and O–H groups in total. The van der Waals surface area contributed by atoms with Gasteiger partial charge >= 0.3 is 0 Å². The van der Waals surface area contributed by atoms with Crippen LogP contribution in [0, 0.1) is 5.92 Å². The van der Waals surface area contributed by atoms with E-state index in [0.717, 1.165) is 31.3 Å². The highest BCUT2D eigenvalue weighted by Gasteiger charge is 2.12. The zero-order valence-electron chi connectivity index (χ0n) is 12.6. The number of guanidine groups is 1. The van der Waals surface area contributed by atoms with Gasteiger partial charge in [0.15, 0.2) is 5.96 Å². The van der Waals surface area contributed by atoms with E-state index in [-0.39, 0.29) is 24.0 Å². The quantitative estimate of drug-likeness (QED) is 0.306. The maximum atomic E-state index is 4.30. The highest BCUT2D eigenvalue weighted by Crippen LogP contribution is 2.11. The molecule has 1 atom stereocenters. The van der Waals surface area contributed by atoms with Gasteiger partial charge in [0.05, 0.1) is 0 Å². The Bertz CT molecular complexity index is 269. The molecule has 19 heavy (non-hydrogen) atoms. The highest BCUT2D eigenvalue weighted by atomic mass is 127. The van der Waals surface area contributed by atoms with E-state index in [1.807, 2.05) is 7.05 Å². The summed E-state index contributed by atoms with van der Waals surface area (Å²) in [6.45, 7) is 5.57. The Morgan fingerprint density at radius 3 is 2.53 bits per heavy atom. The largest absolute Gasteiger partial charge is 0.356 e. The second kappa shape index (κ2) is 11.6. The van der Waals surface area contributed by atoms with Crippen LogP contribution in [0.2, 0.25) is 0 Å². The van der Waals surface area contributed by atoms with Crippen molar-refractivity contribution in [3.63, 3.8) is 0 Å². The minimum absolute atomic E-state index is 0. The van der Waals surface area contributed by atoms with Crippen LogP contribution in [0.4, 0.5) is 0 Å². The predicted molar refractivity (Wildman–Crippen MR) is 95.4 cm³/mol. The molecule has 1 unspecified atom stereocenters. The van der Waals surface area contributed by atoms with Crippen molar-refractivity contribution in [2.24, 2.45) is 10.9 Å². The SMILES string of the molecule is CCCCC(CC)CNC(=NC)NC1CC=CC1.I. The second-order valence-electron chi connectivity index (χ2n) is 5.15. The number of halogens is 1. The zero-order chi connectivity index (χ0) is 13.2. The number of unbranched alkanes of at least 4 members (excludes halogenated alkanes) is 1. The van der Waals surface area contributed by atoms with E-state index in [1.165, 1.54) is 25.7 Å². The first-order valence-electron chi connectivity index (χ1n) is 7.42. The smallest absolute Gasteiger partial charge is 0.191 e. The summed E-state index contributed by atoms with van der Waals surface area (Å²) in [5.74, 6) is 1.73. The molecular weight excluding hydrogens is 349 g/mol. The lowest BCUT2D eigenvalue weighted by Crippen LogP contribution is -2.44. The summed E-state index contributed by atoms with van der Waals surface area (Å²) in [6.07, 6.45) is 11.9. The van der Waals surface area contributed by atoms with Crippen molar-refractivity contribution in [3.05, 3.63) is 12.2 Å². The van der Waals surface area contributed by atoms with E-state index in [1.54, 1.807) is 0 Å². The molecule has 0 amide bonds. The molecule has 0 bridgehead atoms. The summed E-state index contributed by atoms with van der Waals surface area (Å²) in [4.78, 5) is 4.30. The number of rotatable bonds is 7. The molecule has 0 spiro atoms. The molecule has 1 aliphatic rings. The number of hydrogen-bond acceptors (Lipinski definition) is 1. The third kappa shape index (κ3) is 7.80. The Morgan fingerprint density at radius 1 is 1.32 bits per heavy atom. The number of nitrogens with zero attached hydrogens (tertiary/aromatic N) is 1. The fourth-order valence-corrected chi connectivity index (χ4v) is 2.31. The van der Waals surface area contributed by atoms with Crippen molar-refractivity contribution in [2.75, 3.05) is 13.6 Å². The molecule has 0 fully saturated rings. The summed E-state index contributed by atoms with van der Waals surface area (Å²) in [5, 5.41) is 6.94. The predicted octanol–water partition coefficient (Wildman–Crippen LogP) is 3.70. The number of hydrogen-bond donors (Lipinski definition) is 2. The summed E-state index contributed by atoms with van der Waals surface area (Å²) in [7, 11) is 1.85. The van der Waals surface area contributed by atoms with Crippen LogP contribution in [0.3, 0.4) is 0 Å². The lowest BCUT2D eigenvalue weighted by atomic mass is 9.99. The normalized spacial score (nSPS) is 17.1. The van der Waals surface area contributed by atoms with Crippen LogP contribution in [-0.4, -0.2) is 25.6 Å². The van der Waals surface area contributed by atoms with E-state index < -0.39 is 0 Å². The molecule has 0 radical (unpaired) electrons. The molecule has 3 nitrogen and oxygen atoms in total. The van der Waals surface area contributed by atoms with Crippen LogP contribution in [0.15, 0.2) is 17.1 Å². The second-order valence-corrected chi connectivity index (χ2v) is 5.15. The minimum Gasteiger partial charge on any atom is -0.356 e. The average molecular weight is 379 g/mol. The molecule has 1 rings (SSSR count). The maximum absolute atomic E-state index is 4.30. The van der Waals surface area contributed by atoms with Crippen molar-refractivity contribution in [3.8, 4) is 0 Å². The third-order valence-electron chi connectivity index (χ3n) is 3.67. The van der Waals surface area contributed by atoms with Crippen LogP contribution in [0.5, 0.6) is 0 Å². The van der Waals surface area contributed by atoms with Crippen LogP contribution in [-0.2, 0) is 0 Å². The molecule has 112 valence electrons. The molecule has 0 aliphatic heterocycles. The summed E-state index contributed by atoms with van der Waals surface area (Å²) < 4.78 is 0. The van der Waals surface area contributed by atoms with Gasteiger partial charge in [0.2, 0.25) is 0 Å².